The second kappa shape index (κ2) is 11.0. The SMILES string of the molecule is CCCCCCCCCNCC(O)(CC)CC. The van der Waals surface area contributed by atoms with Crippen molar-refractivity contribution in [1.29, 1.82) is 0 Å². The molecule has 0 spiro atoms. The van der Waals surface area contributed by atoms with Crippen LogP contribution in [0.2, 0.25) is 0 Å². The van der Waals surface area contributed by atoms with Crippen LogP contribution in [0.3, 0.4) is 0 Å². The molecule has 0 aromatic rings. The van der Waals surface area contributed by atoms with Crippen molar-refractivity contribution in [1.82, 2.24) is 5.32 Å². The van der Waals surface area contributed by atoms with E-state index in [0.29, 0.717) is 0 Å². The maximum atomic E-state index is 10.1. The van der Waals surface area contributed by atoms with Crippen molar-refractivity contribution in [2.75, 3.05) is 13.1 Å². The molecule has 0 aromatic carbocycles. The van der Waals surface area contributed by atoms with Crippen LogP contribution in [0, 0.1) is 0 Å². The maximum absolute atomic E-state index is 10.1. The number of unbranched alkanes of at least 4 members (excludes halogenated alkanes) is 6. The van der Waals surface area contributed by atoms with Gasteiger partial charge in [0.2, 0.25) is 0 Å². The van der Waals surface area contributed by atoms with Gasteiger partial charge in [-0.1, -0.05) is 59.3 Å². The fourth-order valence-corrected chi connectivity index (χ4v) is 2.03. The van der Waals surface area contributed by atoms with Gasteiger partial charge in [0.1, 0.15) is 0 Å². The van der Waals surface area contributed by atoms with Crippen LogP contribution >= 0.6 is 0 Å². The average Bonchev–Trinajstić information content (AvgIpc) is 2.36. The third-order valence-electron chi connectivity index (χ3n) is 3.73. The predicted molar refractivity (Wildman–Crippen MR) is 76.4 cm³/mol. The van der Waals surface area contributed by atoms with Gasteiger partial charge in [0, 0.05) is 6.54 Å². The molecule has 0 rings (SSSR count). The minimum atomic E-state index is -0.485. The summed E-state index contributed by atoms with van der Waals surface area (Å²) in [6.07, 6.45) is 11.1. The topological polar surface area (TPSA) is 32.3 Å². The van der Waals surface area contributed by atoms with Crippen LogP contribution in [-0.2, 0) is 0 Å². The van der Waals surface area contributed by atoms with Crippen molar-refractivity contribution in [3.05, 3.63) is 0 Å². The zero-order valence-corrected chi connectivity index (χ0v) is 12.2. The van der Waals surface area contributed by atoms with Crippen molar-refractivity contribution in [3.8, 4) is 0 Å². The van der Waals surface area contributed by atoms with Crippen molar-refractivity contribution in [3.63, 3.8) is 0 Å². The monoisotopic (exact) mass is 243 g/mol. The first kappa shape index (κ1) is 16.9. The van der Waals surface area contributed by atoms with Gasteiger partial charge in [0.15, 0.2) is 0 Å². The van der Waals surface area contributed by atoms with E-state index in [1.54, 1.807) is 0 Å². The third-order valence-corrected chi connectivity index (χ3v) is 3.73. The molecule has 0 radical (unpaired) electrons. The first-order valence-electron chi connectivity index (χ1n) is 7.61. The Morgan fingerprint density at radius 3 is 1.88 bits per heavy atom. The summed E-state index contributed by atoms with van der Waals surface area (Å²) in [6.45, 7) is 8.16. The fourth-order valence-electron chi connectivity index (χ4n) is 2.03. The second-order valence-electron chi connectivity index (χ2n) is 5.23. The normalized spacial score (nSPS) is 12.0. The third kappa shape index (κ3) is 9.61. The zero-order chi connectivity index (χ0) is 13.0. The summed E-state index contributed by atoms with van der Waals surface area (Å²) >= 11 is 0. The Balaban J connectivity index is 3.23. The summed E-state index contributed by atoms with van der Waals surface area (Å²) in [5.74, 6) is 0. The quantitative estimate of drug-likeness (QED) is 0.510. The lowest BCUT2D eigenvalue weighted by atomic mass is 9.97. The lowest BCUT2D eigenvalue weighted by Crippen LogP contribution is -2.39. The van der Waals surface area contributed by atoms with E-state index in [1.165, 1.54) is 44.9 Å². The molecule has 0 aliphatic heterocycles. The summed E-state index contributed by atoms with van der Waals surface area (Å²) in [6, 6.07) is 0. The molecule has 0 amide bonds. The van der Waals surface area contributed by atoms with E-state index in [0.717, 1.165) is 25.9 Å². The lowest BCUT2D eigenvalue weighted by molar-refractivity contribution is 0.0327. The minimum Gasteiger partial charge on any atom is -0.389 e. The highest BCUT2D eigenvalue weighted by Gasteiger charge is 2.20. The van der Waals surface area contributed by atoms with Crippen LogP contribution in [0.5, 0.6) is 0 Å². The number of hydrogen-bond donors (Lipinski definition) is 2. The molecule has 2 N–H and O–H groups in total. The number of rotatable bonds is 12. The van der Waals surface area contributed by atoms with E-state index in [-0.39, 0.29) is 0 Å². The maximum Gasteiger partial charge on any atom is 0.0766 e. The van der Waals surface area contributed by atoms with Crippen LogP contribution in [0.25, 0.3) is 0 Å². The lowest BCUT2D eigenvalue weighted by Gasteiger charge is -2.25. The Morgan fingerprint density at radius 2 is 1.35 bits per heavy atom. The van der Waals surface area contributed by atoms with Gasteiger partial charge in [-0.05, 0) is 25.8 Å². The molecule has 0 aliphatic rings. The standard InChI is InChI=1S/C15H33NO/c1-4-7-8-9-10-11-12-13-16-14-15(17,5-2)6-3/h16-17H,4-14H2,1-3H3. The van der Waals surface area contributed by atoms with Crippen molar-refractivity contribution < 1.29 is 5.11 Å². The molecular formula is C15H33NO. The molecule has 0 atom stereocenters. The summed E-state index contributed by atoms with van der Waals surface area (Å²) in [7, 11) is 0. The van der Waals surface area contributed by atoms with Crippen LogP contribution in [0.1, 0.15) is 78.6 Å². The smallest absolute Gasteiger partial charge is 0.0766 e. The molecule has 0 saturated carbocycles. The molecule has 0 aromatic heterocycles. The van der Waals surface area contributed by atoms with Crippen molar-refractivity contribution >= 4 is 0 Å². The van der Waals surface area contributed by atoms with Crippen molar-refractivity contribution in [2.45, 2.75) is 84.2 Å². The van der Waals surface area contributed by atoms with Gasteiger partial charge < -0.3 is 10.4 Å². The van der Waals surface area contributed by atoms with E-state index in [2.05, 4.69) is 26.1 Å². The highest BCUT2D eigenvalue weighted by Crippen LogP contribution is 2.13. The Bertz CT molecular complexity index is 155. The van der Waals surface area contributed by atoms with Gasteiger partial charge in [-0.25, -0.2) is 0 Å². The molecule has 17 heavy (non-hydrogen) atoms. The average molecular weight is 243 g/mol. The Morgan fingerprint density at radius 1 is 0.824 bits per heavy atom. The van der Waals surface area contributed by atoms with Gasteiger partial charge in [-0.2, -0.15) is 0 Å². The van der Waals surface area contributed by atoms with Crippen molar-refractivity contribution in [2.24, 2.45) is 0 Å². The summed E-state index contributed by atoms with van der Waals surface area (Å²) in [5.41, 5.74) is -0.485. The van der Waals surface area contributed by atoms with Gasteiger partial charge in [0.25, 0.3) is 0 Å². The van der Waals surface area contributed by atoms with Gasteiger partial charge >= 0.3 is 0 Å². The molecule has 0 unspecified atom stereocenters. The highest BCUT2D eigenvalue weighted by molar-refractivity contribution is 4.77. The van der Waals surface area contributed by atoms with E-state index >= 15 is 0 Å². The zero-order valence-electron chi connectivity index (χ0n) is 12.2. The van der Waals surface area contributed by atoms with Crippen LogP contribution in [0.15, 0.2) is 0 Å². The van der Waals surface area contributed by atoms with Crippen LogP contribution in [-0.4, -0.2) is 23.8 Å². The molecule has 104 valence electrons. The fraction of sp³-hybridized carbons (Fsp3) is 1.00. The summed E-state index contributed by atoms with van der Waals surface area (Å²) < 4.78 is 0. The molecule has 0 bridgehead atoms. The summed E-state index contributed by atoms with van der Waals surface area (Å²) in [4.78, 5) is 0. The molecule has 0 saturated heterocycles. The van der Waals surface area contributed by atoms with E-state index in [1.807, 2.05) is 0 Å². The minimum absolute atomic E-state index is 0.485. The molecule has 0 fully saturated rings. The van der Waals surface area contributed by atoms with E-state index < -0.39 is 5.60 Å². The van der Waals surface area contributed by atoms with Crippen LogP contribution in [0.4, 0.5) is 0 Å². The van der Waals surface area contributed by atoms with Crippen LogP contribution < -0.4 is 5.32 Å². The van der Waals surface area contributed by atoms with Gasteiger partial charge in [-0.15, -0.1) is 0 Å². The Labute approximate surface area is 108 Å². The second-order valence-corrected chi connectivity index (χ2v) is 5.23. The molecule has 2 nitrogen and oxygen atoms in total. The number of aliphatic hydroxyl groups is 1. The van der Waals surface area contributed by atoms with E-state index in [9.17, 15) is 5.11 Å². The van der Waals surface area contributed by atoms with Gasteiger partial charge in [-0.3, -0.25) is 0 Å². The number of nitrogens with one attached hydrogen (secondary N) is 1. The summed E-state index contributed by atoms with van der Waals surface area (Å²) in [5, 5.41) is 13.4. The molecule has 0 heterocycles. The Kier molecular flexibility index (Phi) is 11.0. The largest absolute Gasteiger partial charge is 0.389 e. The molecular weight excluding hydrogens is 210 g/mol. The molecule has 0 aliphatic carbocycles. The molecule has 2 heteroatoms. The first-order valence-corrected chi connectivity index (χ1v) is 7.61. The highest BCUT2D eigenvalue weighted by atomic mass is 16.3. The van der Waals surface area contributed by atoms with Gasteiger partial charge in [0.05, 0.1) is 5.60 Å². The number of hydrogen-bond acceptors (Lipinski definition) is 2. The predicted octanol–water partition coefficient (Wildman–Crippen LogP) is 3.88. The Hall–Kier alpha value is -0.0800. The first-order chi connectivity index (χ1) is 8.18. The van der Waals surface area contributed by atoms with E-state index in [4.69, 9.17) is 0 Å².